The molecule has 20 heavy (non-hydrogen) atoms. The Kier molecular flexibility index (Phi) is 2.93. The third-order valence-electron chi connectivity index (χ3n) is 3.56. The predicted octanol–water partition coefficient (Wildman–Crippen LogP) is 2.92. The highest BCUT2D eigenvalue weighted by molar-refractivity contribution is 6.09. The number of para-hydroxylation sites is 1. The molecule has 0 atom stereocenters. The third-order valence-corrected chi connectivity index (χ3v) is 3.56. The maximum Gasteiger partial charge on any atom is 0.258 e. The summed E-state index contributed by atoms with van der Waals surface area (Å²) in [6.07, 6.45) is 0.778. The Morgan fingerprint density at radius 3 is 2.85 bits per heavy atom. The summed E-state index contributed by atoms with van der Waals surface area (Å²) >= 11 is 0. The van der Waals surface area contributed by atoms with Crippen LogP contribution in [0.1, 0.15) is 21.5 Å². The number of amides is 1. The number of carbonyl (C=O) groups is 1. The Morgan fingerprint density at radius 2 is 2.10 bits per heavy atom. The fourth-order valence-corrected chi connectivity index (χ4v) is 2.70. The van der Waals surface area contributed by atoms with Gasteiger partial charge in [-0.1, -0.05) is 12.1 Å². The zero-order valence-corrected chi connectivity index (χ0v) is 11.2. The zero-order chi connectivity index (χ0) is 14.3. The molecule has 0 unspecified atom stereocenters. The lowest BCUT2D eigenvalue weighted by molar-refractivity contribution is 0.0989. The molecule has 4 heteroatoms. The lowest BCUT2D eigenvalue weighted by Crippen LogP contribution is -2.29. The number of anilines is 2. The molecule has 0 fully saturated rings. The summed E-state index contributed by atoms with van der Waals surface area (Å²) in [6, 6.07) is 10.0. The fraction of sp³-hybridized carbons (Fsp3) is 0.188. The second-order valence-electron chi connectivity index (χ2n) is 5.08. The number of aryl methyl sites for hydroxylation is 1. The minimum absolute atomic E-state index is 0.204. The van der Waals surface area contributed by atoms with Crippen LogP contribution in [-0.4, -0.2) is 12.5 Å². The van der Waals surface area contributed by atoms with E-state index in [0.717, 1.165) is 23.2 Å². The number of fused-ring (bicyclic) bond motifs is 1. The van der Waals surface area contributed by atoms with Crippen molar-refractivity contribution in [3.05, 3.63) is 58.9 Å². The van der Waals surface area contributed by atoms with Crippen molar-refractivity contribution in [2.75, 3.05) is 17.2 Å². The molecule has 1 aliphatic rings. The van der Waals surface area contributed by atoms with Crippen molar-refractivity contribution in [2.45, 2.75) is 13.3 Å². The molecule has 1 amide bonds. The summed E-state index contributed by atoms with van der Waals surface area (Å²) in [5, 5.41) is 0. The summed E-state index contributed by atoms with van der Waals surface area (Å²) in [4.78, 5) is 14.2. The Bertz CT molecular complexity index is 677. The number of nitrogen functional groups attached to an aromatic ring is 1. The van der Waals surface area contributed by atoms with E-state index in [2.05, 4.69) is 0 Å². The van der Waals surface area contributed by atoms with E-state index < -0.39 is 5.82 Å². The minimum Gasteiger partial charge on any atom is -0.397 e. The van der Waals surface area contributed by atoms with Crippen molar-refractivity contribution >= 4 is 17.3 Å². The Balaban J connectivity index is 2.02. The first-order valence-electron chi connectivity index (χ1n) is 6.52. The number of hydrogen-bond acceptors (Lipinski definition) is 2. The lowest BCUT2D eigenvalue weighted by atomic mass is 10.1. The van der Waals surface area contributed by atoms with Crippen LogP contribution in [0.25, 0.3) is 0 Å². The molecule has 3 nitrogen and oxygen atoms in total. The second kappa shape index (κ2) is 4.63. The number of halogens is 1. The number of benzene rings is 2. The molecule has 0 saturated heterocycles. The molecular formula is C16H15FN2O. The molecule has 2 N–H and O–H groups in total. The number of nitrogens with two attached hydrogens (primary N) is 1. The van der Waals surface area contributed by atoms with Gasteiger partial charge in [-0.3, -0.25) is 4.79 Å². The van der Waals surface area contributed by atoms with E-state index in [1.165, 1.54) is 12.1 Å². The average Bonchev–Trinajstić information content (AvgIpc) is 2.82. The number of carbonyl (C=O) groups excluding carboxylic acids is 1. The molecule has 2 aromatic rings. The molecule has 0 radical (unpaired) electrons. The molecule has 3 rings (SSSR count). The minimum atomic E-state index is -0.395. The molecule has 2 aromatic carbocycles. The molecule has 0 saturated carbocycles. The summed E-state index contributed by atoms with van der Waals surface area (Å²) in [7, 11) is 0. The van der Waals surface area contributed by atoms with Gasteiger partial charge in [0.2, 0.25) is 0 Å². The predicted molar refractivity (Wildman–Crippen MR) is 77.4 cm³/mol. The highest BCUT2D eigenvalue weighted by Gasteiger charge is 2.27. The maximum absolute atomic E-state index is 13.5. The van der Waals surface area contributed by atoms with Gasteiger partial charge >= 0.3 is 0 Å². The van der Waals surface area contributed by atoms with Gasteiger partial charge in [-0.25, -0.2) is 4.39 Å². The first-order valence-corrected chi connectivity index (χ1v) is 6.52. The molecule has 0 spiro atoms. The Labute approximate surface area is 116 Å². The highest BCUT2D eigenvalue weighted by atomic mass is 19.1. The molecule has 102 valence electrons. The van der Waals surface area contributed by atoms with Crippen LogP contribution in [0.3, 0.4) is 0 Å². The van der Waals surface area contributed by atoms with Crippen molar-refractivity contribution in [3.8, 4) is 0 Å². The monoisotopic (exact) mass is 270 g/mol. The van der Waals surface area contributed by atoms with Crippen LogP contribution in [0.2, 0.25) is 0 Å². The number of rotatable bonds is 1. The van der Waals surface area contributed by atoms with Crippen LogP contribution >= 0.6 is 0 Å². The zero-order valence-electron chi connectivity index (χ0n) is 11.2. The molecule has 0 aromatic heterocycles. The van der Waals surface area contributed by atoms with E-state index in [0.29, 0.717) is 17.8 Å². The topological polar surface area (TPSA) is 46.3 Å². The Morgan fingerprint density at radius 1 is 1.30 bits per heavy atom. The molecule has 1 aliphatic heterocycles. The van der Waals surface area contributed by atoms with Crippen molar-refractivity contribution in [1.82, 2.24) is 0 Å². The second-order valence-corrected chi connectivity index (χ2v) is 5.08. The summed E-state index contributed by atoms with van der Waals surface area (Å²) < 4.78 is 13.5. The van der Waals surface area contributed by atoms with Crippen LogP contribution < -0.4 is 10.6 Å². The van der Waals surface area contributed by atoms with Gasteiger partial charge in [0.15, 0.2) is 0 Å². The van der Waals surface area contributed by atoms with Crippen LogP contribution in [0, 0.1) is 12.7 Å². The van der Waals surface area contributed by atoms with Crippen LogP contribution in [0.5, 0.6) is 0 Å². The van der Waals surface area contributed by atoms with E-state index >= 15 is 0 Å². The van der Waals surface area contributed by atoms with Crippen LogP contribution in [0.15, 0.2) is 36.4 Å². The van der Waals surface area contributed by atoms with Crippen molar-refractivity contribution < 1.29 is 9.18 Å². The normalized spacial score (nSPS) is 13.4. The van der Waals surface area contributed by atoms with Gasteiger partial charge < -0.3 is 10.6 Å². The fourth-order valence-electron chi connectivity index (χ4n) is 2.70. The van der Waals surface area contributed by atoms with Gasteiger partial charge in [0.05, 0.1) is 11.4 Å². The van der Waals surface area contributed by atoms with E-state index in [1.807, 2.05) is 12.1 Å². The van der Waals surface area contributed by atoms with Crippen molar-refractivity contribution in [2.24, 2.45) is 0 Å². The van der Waals surface area contributed by atoms with E-state index in [9.17, 15) is 9.18 Å². The summed E-state index contributed by atoms with van der Waals surface area (Å²) in [5.74, 6) is -0.599. The number of hydrogen-bond donors (Lipinski definition) is 1. The first kappa shape index (κ1) is 12.7. The first-order chi connectivity index (χ1) is 9.56. The molecule has 0 aliphatic carbocycles. The van der Waals surface area contributed by atoms with Crippen LogP contribution in [-0.2, 0) is 6.42 Å². The van der Waals surface area contributed by atoms with E-state index in [-0.39, 0.29) is 5.91 Å². The molecule has 0 bridgehead atoms. The lowest BCUT2D eigenvalue weighted by Gasteiger charge is -2.19. The van der Waals surface area contributed by atoms with Crippen molar-refractivity contribution in [3.63, 3.8) is 0 Å². The summed E-state index contributed by atoms with van der Waals surface area (Å²) in [6.45, 7) is 2.35. The summed E-state index contributed by atoms with van der Waals surface area (Å²) in [5.41, 5.74) is 9.47. The van der Waals surface area contributed by atoms with E-state index in [1.54, 1.807) is 24.0 Å². The van der Waals surface area contributed by atoms with Gasteiger partial charge in [0.25, 0.3) is 5.91 Å². The largest absolute Gasteiger partial charge is 0.397 e. The quantitative estimate of drug-likeness (QED) is 0.810. The average molecular weight is 270 g/mol. The molecule has 1 heterocycles. The standard InChI is InChI=1S/C16H15FN2O/c1-10-7-12(9-13(17)8-10)16(20)19-6-5-11-3-2-4-14(18)15(11)19/h2-4,7-9H,5-6,18H2,1H3. The SMILES string of the molecule is Cc1cc(F)cc(C(=O)N2CCc3cccc(N)c32)c1. The third kappa shape index (κ3) is 2.03. The van der Waals surface area contributed by atoms with Gasteiger partial charge in [-0.15, -0.1) is 0 Å². The Hall–Kier alpha value is -2.36. The van der Waals surface area contributed by atoms with Crippen LogP contribution in [0.4, 0.5) is 15.8 Å². The van der Waals surface area contributed by atoms with Crippen molar-refractivity contribution in [1.29, 1.82) is 0 Å². The smallest absolute Gasteiger partial charge is 0.258 e. The van der Waals surface area contributed by atoms with E-state index in [4.69, 9.17) is 5.73 Å². The maximum atomic E-state index is 13.5. The van der Waals surface area contributed by atoms with Gasteiger partial charge in [-0.2, -0.15) is 0 Å². The van der Waals surface area contributed by atoms with Gasteiger partial charge in [-0.05, 0) is 48.7 Å². The van der Waals surface area contributed by atoms with Gasteiger partial charge in [0, 0.05) is 12.1 Å². The highest BCUT2D eigenvalue weighted by Crippen LogP contribution is 2.34. The number of nitrogens with zero attached hydrogens (tertiary/aromatic N) is 1. The molecular weight excluding hydrogens is 255 g/mol. The van der Waals surface area contributed by atoms with Gasteiger partial charge in [0.1, 0.15) is 5.82 Å².